The molecule has 0 spiro atoms. The van der Waals surface area contributed by atoms with E-state index in [1.807, 2.05) is 6.07 Å². The SMILES string of the molecule is O=C(Nc1[c]cccc1)c1c(Cl)cccc1Cl.[KH]. The van der Waals surface area contributed by atoms with Crippen LogP contribution in [-0.2, 0) is 0 Å². The molecule has 18 heavy (non-hydrogen) atoms. The Balaban J connectivity index is 0.00000162. The number of hydrogen-bond acceptors (Lipinski definition) is 1. The van der Waals surface area contributed by atoms with Crippen LogP contribution in [0, 0.1) is 6.07 Å². The van der Waals surface area contributed by atoms with E-state index in [2.05, 4.69) is 11.4 Å². The summed E-state index contributed by atoms with van der Waals surface area (Å²) in [5.74, 6) is -0.344. The van der Waals surface area contributed by atoms with Crippen LogP contribution in [0.25, 0.3) is 0 Å². The fourth-order valence-corrected chi connectivity index (χ4v) is 1.94. The Labute approximate surface area is 158 Å². The number of benzene rings is 2. The molecule has 87 valence electrons. The Morgan fingerprint density at radius 1 is 1.06 bits per heavy atom. The van der Waals surface area contributed by atoms with Crippen molar-refractivity contribution in [3.8, 4) is 0 Å². The van der Waals surface area contributed by atoms with Gasteiger partial charge in [0, 0.05) is 11.8 Å². The van der Waals surface area contributed by atoms with Gasteiger partial charge in [-0.1, -0.05) is 47.5 Å². The van der Waals surface area contributed by atoms with Crippen molar-refractivity contribution in [2.75, 3.05) is 5.32 Å². The van der Waals surface area contributed by atoms with Gasteiger partial charge in [0.15, 0.2) is 0 Å². The van der Waals surface area contributed by atoms with Gasteiger partial charge in [-0.2, -0.15) is 0 Å². The van der Waals surface area contributed by atoms with Crippen LogP contribution in [0.5, 0.6) is 0 Å². The normalized spacial score (nSPS) is 9.44. The zero-order chi connectivity index (χ0) is 12.3. The first-order valence-corrected chi connectivity index (χ1v) is 5.66. The number of amides is 1. The number of nitrogens with one attached hydrogen (secondary N) is 1. The van der Waals surface area contributed by atoms with Crippen molar-refractivity contribution >= 4 is 86.2 Å². The molecule has 0 aliphatic heterocycles. The molecule has 0 unspecified atom stereocenters. The van der Waals surface area contributed by atoms with Gasteiger partial charge in [-0.3, -0.25) is 4.79 Å². The Bertz CT molecular complexity index is 526. The van der Waals surface area contributed by atoms with Crippen LogP contribution in [0.1, 0.15) is 10.4 Å². The molecule has 0 aliphatic carbocycles. The van der Waals surface area contributed by atoms with E-state index < -0.39 is 0 Å². The Morgan fingerprint density at radius 2 is 1.72 bits per heavy atom. The third-order valence-electron chi connectivity index (χ3n) is 2.15. The van der Waals surface area contributed by atoms with E-state index in [-0.39, 0.29) is 62.9 Å². The summed E-state index contributed by atoms with van der Waals surface area (Å²) in [4.78, 5) is 12.0. The second-order valence-electron chi connectivity index (χ2n) is 3.33. The van der Waals surface area contributed by atoms with Crippen molar-refractivity contribution in [1.29, 1.82) is 0 Å². The van der Waals surface area contributed by atoms with Crippen LogP contribution < -0.4 is 5.32 Å². The summed E-state index contributed by atoms with van der Waals surface area (Å²) in [6.45, 7) is 0. The van der Waals surface area contributed by atoms with Gasteiger partial charge in [0.1, 0.15) is 0 Å². The van der Waals surface area contributed by atoms with E-state index in [1.165, 1.54) is 0 Å². The van der Waals surface area contributed by atoms with Crippen molar-refractivity contribution < 1.29 is 4.79 Å². The van der Waals surface area contributed by atoms with E-state index in [9.17, 15) is 4.79 Å². The maximum atomic E-state index is 12.0. The molecule has 0 bridgehead atoms. The summed E-state index contributed by atoms with van der Waals surface area (Å²) in [5.41, 5.74) is 0.849. The van der Waals surface area contributed by atoms with Gasteiger partial charge >= 0.3 is 51.4 Å². The summed E-state index contributed by atoms with van der Waals surface area (Å²) >= 11 is 11.9. The minimum absolute atomic E-state index is 0. The molecular weight excluding hydrogens is 296 g/mol. The van der Waals surface area contributed by atoms with Crippen molar-refractivity contribution in [2.45, 2.75) is 0 Å². The number of para-hydroxylation sites is 1. The van der Waals surface area contributed by atoms with Crippen molar-refractivity contribution in [2.24, 2.45) is 0 Å². The number of carbonyl (C=O) groups is 1. The van der Waals surface area contributed by atoms with E-state index in [4.69, 9.17) is 23.2 Å². The minimum atomic E-state index is -0.344. The molecule has 2 nitrogen and oxygen atoms in total. The second-order valence-corrected chi connectivity index (χ2v) is 4.14. The number of rotatable bonds is 2. The van der Waals surface area contributed by atoms with E-state index in [1.54, 1.807) is 36.4 Å². The molecule has 0 saturated heterocycles. The standard InChI is InChI=1S/C13H8Cl2NO.K.H/c14-10-7-4-8-11(15)12(10)13(17)16-9-5-2-1-3-6-9;;/h1-5,7-8H,(H,16,17);;. The monoisotopic (exact) mass is 304 g/mol. The molecule has 0 heterocycles. The molecule has 5 heteroatoms. The van der Waals surface area contributed by atoms with E-state index in [0.717, 1.165) is 0 Å². The molecule has 2 aromatic carbocycles. The summed E-state index contributed by atoms with van der Waals surface area (Å²) in [6, 6.07) is 14.9. The van der Waals surface area contributed by atoms with Gasteiger partial charge in [0.25, 0.3) is 5.91 Å². The van der Waals surface area contributed by atoms with Crippen LogP contribution >= 0.6 is 23.2 Å². The van der Waals surface area contributed by atoms with Crippen LogP contribution in [0.2, 0.25) is 10.0 Å². The molecule has 2 aromatic rings. The molecule has 0 aromatic heterocycles. The van der Waals surface area contributed by atoms with Gasteiger partial charge in [-0.25, -0.2) is 0 Å². The first-order valence-electron chi connectivity index (χ1n) is 4.90. The summed E-state index contributed by atoms with van der Waals surface area (Å²) in [6.07, 6.45) is 0. The van der Waals surface area contributed by atoms with Crippen molar-refractivity contribution in [1.82, 2.24) is 0 Å². The molecule has 0 atom stereocenters. The fraction of sp³-hybridized carbons (Fsp3) is 0. The third kappa shape index (κ3) is 4.07. The first kappa shape index (κ1) is 16.2. The molecule has 1 amide bonds. The van der Waals surface area contributed by atoms with Gasteiger partial charge in [0.05, 0.1) is 15.6 Å². The maximum absolute atomic E-state index is 12.0. The van der Waals surface area contributed by atoms with Crippen LogP contribution in [-0.4, -0.2) is 57.3 Å². The second kappa shape index (κ2) is 7.65. The molecule has 0 saturated carbocycles. The van der Waals surface area contributed by atoms with Crippen LogP contribution in [0.15, 0.2) is 42.5 Å². The molecule has 0 fully saturated rings. The number of hydrogen-bond donors (Lipinski definition) is 1. The number of halogens is 2. The summed E-state index contributed by atoms with van der Waals surface area (Å²) < 4.78 is 0. The summed E-state index contributed by atoms with van der Waals surface area (Å²) in [5, 5.41) is 3.33. The molecule has 1 N–H and O–H groups in total. The predicted molar refractivity (Wildman–Crippen MR) is 76.8 cm³/mol. The number of anilines is 1. The molecule has 2 rings (SSSR count). The van der Waals surface area contributed by atoms with Crippen molar-refractivity contribution in [3.63, 3.8) is 0 Å². The molecule has 1 radical (unpaired) electrons. The van der Waals surface area contributed by atoms with Gasteiger partial charge < -0.3 is 5.32 Å². The topological polar surface area (TPSA) is 29.1 Å². The van der Waals surface area contributed by atoms with E-state index in [0.29, 0.717) is 15.7 Å². The Kier molecular flexibility index (Phi) is 6.88. The summed E-state index contributed by atoms with van der Waals surface area (Å²) in [7, 11) is 0. The zero-order valence-electron chi connectivity index (χ0n) is 8.71. The third-order valence-corrected chi connectivity index (χ3v) is 2.78. The van der Waals surface area contributed by atoms with Gasteiger partial charge in [-0.15, -0.1) is 0 Å². The average molecular weight is 305 g/mol. The van der Waals surface area contributed by atoms with Gasteiger partial charge in [0.2, 0.25) is 0 Å². The molecular formula is C13H9Cl2KNO. The average Bonchev–Trinajstić information content (AvgIpc) is 2.30. The van der Waals surface area contributed by atoms with Crippen LogP contribution in [0.4, 0.5) is 5.69 Å². The van der Waals surface area contributed by atoms with Crippen molar-refractivity contribution in [3.05, 3.63) is 64.1 Å². The van der Waals surface area contributed by atoms with Crippen LogP contribution in [0.3, 0.4) is 0 Å². The Morgan fingerprint density at radius 3 is 2.28 bits per heavy atom. The predicted octanol–water partition coefficient (Wildman–Crippen LogP) is 3.40. The quantitative estimate of drug-likeness (QED) is 0.847. The molecule has 0 aliphatic rings. The van der Waals surface area contributed by atoms with E-state index >= 15 is 0 Å². The Hall–Kier alpha value is 0.126. The van der Waals surface area contributed by atoms with Gasteiger partial charge in [-0.05, 0) is 18.2 Å². The first-order chi connectivity index (χ1) is 8.18. The fourth-order valence-electron chi connectivity index (χ4n) is 1.37. The number of carbonyl (C=O) groups excluding carboxylic acids is 1. The zero-order valence-corrected chi connectivity index (χ0v) is 10.2.